The quantitative estimate of drug-likeness (QED) is 0.600. The van der Waals surface area contributed by atoms with E-state index in [2.05, 4.69) is 10.2 Å². The lowest BCUT2D eigenvalue weighted by atomic mass is 10.1. The zero-order chi connectivity index (χ0) is 24.2. The molecule has 1 saturated heterocycles. The van der Waals surface area contributed by atoms with Crippen molar-refractivity contribution in [1.29, 1.82) is 0 Å². The van der Waals surface area contributed by atoms with Gasteiger partial charge in [-0.3, -0.25) is 14.0 Å². The van der Waals surface area contributed by atoms with Gasteiger partial charge in [-0.1, -0.05) is 18.2 Å². The van der Waals surface area contributed by atoms with Crippen LogP contribution in [0.25, 0.3) is 0 Å². The molecule has 0 saturated carbocycles. The van der Waals surface area contributed by atoms with Gasteiger partial charge in [-0.25, -0.2) is 16.8 Å². The third-order valence-corrected chi connectivity index (χ3v) is 8.74. The van der Waals surface area contributed by atoms with Gasteiger partial charge in [0.15, 0.2) is 0 Å². The molecule has 1 N–H and O–H groups in total. The average molecular weight is 495 g/mol. The largest absolute Gasteiger partial charge is 0.322 e. The number of hydrogen-bond donors (Lipinski definition) is 1. The van der Waals surface area contributed by atoms with Crippen molar-refractivity contribution in [1.82, 2.24) is 9.21 Å². The van der Waals surface area contributed by atoms with E-state index >= 15 is 0 Å². The first kappa shape index (κ1) is 25.2. The molecule has 0 aliphatic carbocycles. The maximum absolute atomic E-state index is 12.8. The molecular weight excluding hydrogens is 464 g/mol. The summed E-state index contributed by atoms with van der Waals surface area (Å²) >= 11 is 0. The normalized spacial score (nSPS) is 15.8. The van der Waals surface area contributed by atoms with Crippen molar-refractivity contribution in [3.05, 3.63) is 59.7 Å². The molecule has 0 spiro atoms. The highest BCUT2D eigenvalue weighted by Gasteiger charge is 2.25. The van der Waals surface area contributed by atoms with Crippen LogP contribution in [0.1, 0.15) is 22.8 Å². The fourth-order valence-corrected chi connectivity index (χ4v) is 5.17. The third-order valence-electron chi connectivity index (χ3n) is 5.65. The van der Waals surface area contributed by atoms with Crippen LogP contribution in [0, 0.1) is 0 Å². The lowest BCUT2D eigenvalue weighted by molar-refractivity contribution is 0.102. The van der Waals surface area contributed by atoms with Crippen molar-refractivity contribution < 1.29 is 21.6 Å². The highest BCUT2D eigenvalue weighted by Crippen LogP contribution is 2.21. The van der Waals surface area contributed by atoms with Gasteiger partial charge in [-0.15, -0.1) is 0 Å². The molecule has 2 aromatic rings. The number of amides is 1. The van der Waals surface area contributed by atoms with Crippen LogP contribution in [-0.4, -0.2) is 77.2 Å². The Bertz CT molecular complexity index is 1210. The first-order valence-corrected chi connectivity index (χ1v) is 14.1. The first-order valence-electron chi connectivity index (χ1n) is 10.6. The fraction of sp³-hybridized carbons (Fsp3) is 0.409. The zero-order valence-electron chi connectivity index (χ0n) is 19.1. The molecule has 1 aliphatic heterocycles. The molecule has 0 bridgehead atoms. The Balaban J connectivity index is 1.64. The number of carbonyl (C=O) groups is 1. The van der Waals surface area contributed by atoms with Crippen LogP contribution in [0.15, 0.2) is 48.5 Å². The lowest BCUT2D eigenvalue weighted by Gasteiger charge is -2.33. The van der Waals surface area contributed by atoms with E-state index in [9.17, 15) is 21.6 Å². The summed E-state index contributed by atoms with van der Waals surface area (Å²) in [6.07, 6.45) is 1.12. The summed E-state index contributed by atoms with van der Waals surface area (Å²) in [6.45, 7) is 4.48. The summed E-state index contributed by atoms with van der Waals surface area (Å²) in [7, 11) is -5.12. The van der Waals surface area contributed by atoms with E-state index in [4.69, 9.17) is 0 Å². The topological polar surface area (TPSA) is 107 Å². The van der Waals surface area contributed by atoms with Gasteiger partial charge in [0, 0.05) is 51.0 Å². The van der Waals surface area contributed by atoms with Crippen molar-refractivity contribution >= 4 is 37.3 Å². The molecule has 0 unspecified atom stereocenters. The molecule has 3 rings (SSSR count). The molecule has 9 nitrogen and oxygen atoms in total. The summed E-state index contributed by atoms with van der Waals surface area (Å²) in [5.41, 5.74) is 2.39. The molecule has 11 heteroatoms. The van der Waals surface area contributed by atoms with Gasteiger partial charge in [0.05, 0.1) is 17.7 Å². The minimum absolute atomic E-state index is 0.109. The number of piperazine rings is 1. The number of sulfonamides is 2. The van der Waals surface area contributed by atoms with Gasteiger partial charge < -0.3 is 5.32 Å². The Hall–Kier alpha value is -2.47. The van der Waals surface area contributed by atoms with Gasteiger partial charge in [0.1, 0.15) is 0 Å². The number of anilines is 2. The van der Waals surface area contributed by atoms with E-state index in [0.717, 1.165) is 16.1 Å². The standard InChI is InChI=1S/C22H30N4O5S2/c1-4-33(30,31)26-13-11-25(12-14-26)17-18-7-5-8-19(15-18)22(27)23-20-9-6-10-21(16-20)24(2)32(3,28)29/h5-10,15-16H,4,11-14,17H2,1-3H3,(H,23,27). The monoisotopic (exact) mass is 494 g/mol. The first-order chi connectivity index (χ1) is 15.5. The number of nitrogens with one attached hydrogen (secondary N) is 1. The van der Waals surface area contributed by atoms with Gasteiger partial charge in [0.2, 0.25) is 20.0 Å². The summed E-state index contributed by atoms with van der Waals surface area (Å²) in [6, 6.07) is 13.9. The molecule has 1 heterocycles. The Kier molecular flexibility index (Phi) is 7.78. The van der Waals surface area contributed by atoms with Crippen molar-refractivity contribution in [2.24, 2.45) is 0 Å². The van der Waals surface area contributed by atoms with Crippen LogP contribution in [0.2, 0.25) is 0 Å². The summed E-state index contributed by atoms with van der Waals surface area (Å²) < 4.78 is 50.3. The van der Waals surface area contributed by atoms with Crippen LogP contribution in [-0.2, 0) is 26.6 Å². The van der Waals surface area contributed by atoms with Gasteiger partial charge >= 0.3 is 0 Å². The molecule has 2 aromatic carbocycles. The predicted octanol–water partition coefficient (Wildman–Crippen LogP) is 1.80. The third kappa shape index (κ3) is 6.53. The molecule has 1 aliphatic rings. The summed E-state index contributed by atoms with van der Waals surface area (Å²) in [5.74, 6) is -0.188. The maximum Gasteiger partial charge on any atom is 0.255 e. The van der Waals surface area contributed by atoms with Crippen molar-refractivity contribution in [2.45, 2.75) is 13.5 Å². The van der Waals surface area contributed by atoms with Crippen LogP contribution < -0.4 is 9.62 Å². The summed E-state index contributed by atoms with van der Waals surface area (Å²) in [4.78, 5) is 15.0. The van der Waals surface area contributed by atoms with Gasteiger partial charge in [-0.2, -0.15) is 4.31 Å². The molecule has 1 fully saturated rings. The van der Waals surface area contributed by atoms with Gasteiger partial charge in [-0.05, 0) is 42.8 Å². The van der Waals surface area contributed by atoms with E-state index < -0.39 is 20.0 Å². The number of benzene rings is 2. The second-order valence-corrected chi connectivity index (χ2v) is 12.3. The minimum Gasteiger partial charge on any atom is -0.322 e. The zero-order valence-corrected chi connectivity index (χ0v) is 20.7. The highest BCUT2D eigenvalue weighted by molar-refractivity contribution is 7.92. The van der Waals surface area contributed by atoms with Crippen molar-refractivity contribution in [3.8, 4) is 0 Å². The number of carbonyl (C=O) groups excluding carboxylic acids is 1. The lowest BCUT2D eigenvalue weighted by Crippen LogP contribution is -2.48. The molecule has 33 heavy (non-hydrogen) atoms. The van der Waals surface area contributed by atoms with Gasteiger partial charge in [0.25, 0.3) is 5.91 Å². The predicted molar refractivity (Wildman–Crippen MR) is 130 cm³/mol. The molecule has 1 amide bonds. The maximum atomic E-state index is 12.8. The second kappa shape index (κ2) is 10.2. The molecule has 0 aromatic heterocycles. The second-order valence-electron chi connectivity index (χ2n) is 8.01. The molecule has 0 radical (unpaired) electrons. The van der Waals surface area contributed by atoms with Crippen LogP contribution in [0.3, 0.4) is 0 Å². The molecule has 180 valence electrons. The highest BCUT2D eigenvalue weighted by atomic mass is 32.2. The number of nitrogens with zero attached hydrogens (tertiary/aromatic N) is 3. The van der Waals surface area contributed by atoms with E-state index in [-0.39, 0.29) is 11.7 Å². The van der Waals surface area contributed by atoms with E-state index in [1.807, 2.05) is 18.2 Å². The molecule has 0 atom stereocenters. The van der Waals surface area contributed by atoms with Crippen molar-refractivity contribution in [3.63, 3.8) is 0 Å². The van der Waals surface area contributed by atoms with E-state index in [1.54, 1.807) is 37.3 Å². The van der Waals surface area contributed by atoms with Crippen LogP contribution in [0.4, 0.5) is 11.4 Å². The van der Waals surface area contributed by atoms with E-state index in [0.29, 0.717) is 49.7 Å². The van der Waals surface area contributed by atoms with Crippen LogP contribution in [0.5, 0.6) is 0 Å². The van der Waals surface area contributed by atoms with Crippen LogP contribution >= 0.6 is 0 Å². The van der Waals surface area contributed by atoms with Crippen molar-refractivity contribution in [2.75, 3.05) is 54.9 Å². The Labute approximate surface area is 196 Å². The average Bonchev–Trinajstić information content (AvgIpc) is 2.78. The minimum atomic E-state index is -3.41. The smallest absolute Gasteiger partial charge is 0.255 e. The fourth-order valence-electron chi connectivity index (χ4n) is 3.59. The Morgan fingerprint density at radius 1 is 1.00 bits per heavy atom. The molecular formula is C22H30N4O5S2. The Morgan fingerprint density at radius 2 is 1.67 bits per heavy atom. The SMILES string of the molecule is CCS(=O)(=O)N1CCN(Cc2cccc(C(=O)Nc3cccc(N(C)S(C)(=O)=O)c3)c2)CC1. The summed E-state index contributed by atoms with van der Waals surface area (Å²) in [5, 5.41) is 2.82. The van der Waals surface area contributed by atoms with E-state index in [1.165, 1.54) is 11.4 Å². The number of rotatable bonds is 8. The Morgan fingerprint density at radius 3 is 2.30 bits per heavy atom. The number of hydrogen-bond acceptors (Lipinski definition) is 6.